The summed E-state index contributed by atoms with van der Waals surface area (Å²) >= 11 is 3.48. The number of halogens is 1. The number of aromatic amines is 1. The lowest BCUT2D eigenvalue weighted by Crippen LogP contribution is -2.43. The van der Waals surface area contributed by atoms with E-state index in [-0.39, 0.29) is 0 Å². The summed E-state index contributed by atoms with van der Waals surface area (Å²) in [4.78, 5) is 25.6. The van der Waals surface area contributed by atoms with Gasteiger partial charge in [0.2, 0.25) is 0 Å². The first kappa shape index (κ1) is 27.2. The molecule has 1 aliphatic heterocycles. The Bertz CT molecular complexity index is 1550. The maximum atomic E-state index is 12.6. The largest absolute Gasteiger partial charge is 0.330 e. The van der Waals surface area contributed by atoms with E-state index in [2.05, 4.69) is 20.9 Å². The monoisotopic (exact) mass is 612 g/mol. The van der Waals surface area contributed by atoms with Gasteiger partial charge in [-0.15, -0.1) is 0 Å². The second kappa shape index (κ2) is 11.0. The standard InChI is InChI=1S/C28H25BrN2O7S/c1-39(34,35)38-24-23(29)25(31-18-17-22(32)30-27(31)33)36-26(24)37-28(19-11-5-2-6-12-19,20-13-7-3-8-14-20)21-15-9-4-10-16-21/h2-18,23-26H,1H3,(H,30,32,33)/t23-,24-,25-,26-/m0/s1. The molecular formula is C28H25BrN2O7S. The molecule has 0 radical (unpaired) electrons. The van der Waals surface area contributed by atoms with Crippen molar-refractivity contribution in [3.8, 4) is 0 Å². The molecule has 3 aromatic carbocycles. The van der Waals surface area contributed by atoms with Crippen molar-refractivity contribution in [1.82, 2.24) is 9.55 Å². The summed E-state index contributed by atoms with van der Waals surface area (Å²) in [6.07, 6.45) is -1.33. The molecule has 4 aromatic rings. The zero-order chi connectivity index (χ0) is 27.6. The average molecular weight is 613 g/mol. The lowest BCUT2D eigenvalue weighted by molar-refractivity contribution is -0.213. The highest BCUT2D eigenvalue weighted by Gasteiger charge is 2.52. The molecule has 0 unspecified atom stereocenters. The van der Waals surface area contributed by atoms with Crippen LogP contribution in [0.25, 0.3) is 0 Å². The number of nitrogens with zero attached hydrogens (tertiary/aromatic N) is 1. The Kier molecular flexibility index (Phi) is 7.70. The highest BCUT2D eigenvalue weighted by Crippen LogP contribution is 2.46. The zero-order valence-corrected chi connectivity index (χ0v) is 23.1. The van der Waals surface area contributed by atoms with E-state index in [1.54, 1.807) is 0 Å². The average Bonchev–Trinajstić information content (AvgIpc) is 3.21. The van der Waals surface area contributed by atoms with E-state index >= 15 is 0 Å². The molecule has 1 aromatic heterocycles. The molecule has 2 heterocycles. The predicted molar refractivity (Wildman–Crippen MR) is 148 cm³/mol. The predicted octanol–water partition coefficient (Wildman–Crippen LogP) is 3.51. The van der Waals surface area contributed by atoms with Gasteiger partial charge >= 0.3 is 5.69 Å². The van der Waals surface area contributed by atoms with E-state index < -0.39 is 50.4 Å². The molecule has 0 bridgehead atoms. The molecule has 0 aliphatic carbocycles. The lowest BCUT2D eigenvalue weighted by atomic mass is 9.80. The van der Waals surface area contributed by atoms with Gasteiger partial charge in [0.1, 0.15) is 11.7 Å². The fraction of sp³-hybridized carbons (Fsp3) is 0.214. The van der Waals surface area contributed by atoms with Crippen LogP contribution >= 0.6 is 15.9 Å². The van der Waals surface area contributed by atoms with Gasteiger partial charge < -0.3 is 9.47 Å². The Labute approximate surface area is 233 Å². The van der Waals surface area contributed by atoms with E-state index in [1.807, 2.05) is 91.0 Å². The second-order valence-corrected chi connectivity index (χ2v) is 11.7. The first-order valence-corrected chi connectivity index (χ1v) is 14.8. The number of hydrogen-bond acceptors (Lipinski definition) is 7. The van der Waals surface area contributed by atoms with E-state index in [0.29, 0.717) is 0 Å². The molecule has 0 spiro atoms. The third-order valence-corrected chi connectivity index (χ3v) is 7.92. The lowest BCUT2D eigenvalue weighted by Gasteiger charge is -2.38. The van der Waals surface area contributed by atoms with Crippen LogP contribution in [-0.2, 0) is 29.4 Å². The van der Waals surface area contributed by atoms with E-state index in [0.717, 1.165) is 27.5 Å². The van der Waals surface area contributed by atoms with Gasteiger partial charge in [0.15, 0.2) is 12.5 Å². The fourth-order valence-electron chi connectivity index (χ4n) is 4.74. The Morgan fingerprint density at radius 2 is 1.33 bits per heavy atom. The fourth-order valence-corrected chi connectivity index (χ4v) is 6.23. The van der Waals surface area contributed by atoms with Crippen molar-refractivity contribution < 1.29 is 22.1 Å². The van der Waals surface area contributed by atoms with Crippen LogP contribution in [0.4, 0.5) is 0 Å². The molecule has 5 rings (SSSR count). The Morgan fingerprint density at radius 3 is 1.77 bits per heavy atom. The first-order chi connectivity index (χ1) is 18.7. The smallest absolute Gasteiger partial charge is 0.329 e. The van der Waals surface area contributed by atoms with Crippen molar-refractivity contribution in [2.24, 2.45) is 0 Å². The highest BCUT2D eigenvalue weighted by atomic mass is 79.9. The van der Waals surface area contributed by atoms with Crippen molar-refractivity contribution in [2.45, 2.75) is 29.1 Å². The number of hydrogen-bond donors (Lipinski definition) is 1. The quantitative estimate of drug-likeness (QED) is 0.184. The van der Waals surface area contributed by atoms with Gasteiger partial charge in [-0.25, -0.2) is 4.79 Å². The van der Waals surface area contributed by atoms with Gasteiger partial charge in [0.05, 0.1) is 11.1 Å². The molecule has 1 saturated heterocycles. The summed E-state index contributed by atoms with van der Waals surface area (Å²) in [5.74, 6) is 0. The van der Waals surface area contributed by atoms with Crippen LogP contribution in [0, 0.1) is 0 Å². The minimum Gasteiger partial charge on any atom is -0.329 e. The molecule has 39 heavy (non-hydrogen) atoms. The van der Waals surface area contributed by atoms with Gasteiger partial charge in [-0.1, -0.05) is 107 Å². The summed E-state index contributed by atoms with van der Waals surface area (Å²) in [6.45, 7) is 0. The summed E-state index contributed by atoms with van der Waals surface area (Å²) in [7, 11) is -3.98. The Hall–Kier alpha value is -3.35. The molecule has 1 fully saturated rings. The van der Waals surface area contributed by atoms with E-state index in [4.69, 9.17) is 13.7 Å². The maximum Gasteiger partial charge on any atom is 0.330 e. The summed E-state index contributed by atoms with van der Waals surface area (Å²) in [5.41, 5.74) is -0.269. The summed E-state index contributed by atoms with van der Waals surface area (Å²) in [6, 6.07) is 29.6. The summed E-state index contributed by atoms with van der Waals surface area (Å²) < 4.78 is 44.4. The van der Waals surface area contributed by atoms with Crippen LogP contribution < -0.4 is 11.2 Å². The van der Waals surface area contributed by atoms with Crippen molar-refractivity contribution in [2.75, 3.05) is 6.26 Å². The number of benzene rings is 3. The van der Waals surface area contributed by atoms with Crippen molar-refractivity contribution in [1.29, 1.82) is 0 Å². The Morgan fingerprint density at radius 1 is 0.846 bits per heavy atom. The molecule has 1 N–H and O–H groups in total. The maximum absolute atomic E-state index is 12.6. The van der Waals surface area contributed by atoms with Crippen LogP contribution in [0.5, 0.6) is 0 Å². The Balaban J connectivity index is 1.69. The number of rotatable bonds is 8. The normalized spacial score (nSPS) is 21.6. The third kappa shape index (κ3) is 5.54. The molecule has 1 aliphatic rings. The van der Waals surface area contributed by atoms with Crippen LogP contribution in [0.3, 0.4) is 0 Å². The zero-order valence-electron chi connectivity index (χ0n) is 20.7. The van der Waals surface area contributed by atoms with Gasteiger partial charge in [0, 0.05) is 12.3 Å². The molecular weight excluding hydrogens is 588 g/mol. The number of nitrogens with one attached hydrogen (secondary N) is 1. The molecule has 202 valence electrons. The molecule has 4 atom stereocenters. The summed E-state index contributed by atoms with van der Waals surface area (Å²) in [5, 5.41) is 0. The minimum absolute atomic E-state index is 0.576. The van der Waals surface area contributed by atoms with Gasteiger partial charge in [-0.2, -0.15) is 8.42 Å². The second-order valence-electron chi connectivity index (χ2n) is 9.02. The number of aromatic nitrogens is 2. The van der Waals surface area contributed by atoms with Gasteiger partial charge in [-0.05, 0) is 16.7 Å². The van der Waals surface area contributed by atoms with Crippen LogP contribution in [0.1, 0.15) is 22.9 Å². The minimum atomic E-state index is -3.98. The molecule has 9 nitrogen and oxygen atoms in total. The van der Waals surface area contributed by atoms with Crippen molar-refractivity contribution in [3.63, 3.8) is 0 Å². The van der Waals surface area contributed by atoms with Crippen molar-refractivity contribution >= 4 is 26.0 Å². The number of ether oxygens (including phenoxy) is 2. The van der Waals surface area contributed by atoms with E-state index in [9.17, 15) is 18.0 Å². The molecule has 0 saturated carbocycles. The van der Waals surface area contributed by atoms with Crippen LogP contribution in [-0.4, -0.2) is 41.4 Å². The SMILES string of the molecule is CS(=O)(=O)O[C@@H]1[C@H](OC(c2ccccc2)(c2ccccc2)c2ccccc2)O[C@H](n2ccc(=O)[nH]c2=O)[C@H]1Br. The van der Waals surface area contributed by atoms with Crippen molar-refractivity contribution in [3.05, 3.63) is 141 Å². The third-order valence-electron chi connectivity index (χ3n) is 6.37. The van der Waals surface area contributed by atoms with Crippen LogP contribution in [0.15, 0.2) is 113 Å². The number of alkyl halides is 1. The van der Waals surface area contributed by atoms with Crippen LogP contribution in [0.2, 0.25) is 0 Å². The van der Waals surface area contributed by atoms with Gasteiger partial charge in [-0.3, -0.25) is 18.5 Å². The molecule has 11 heteroatoms. The molecule has 0 amide bonds. The topological polar surface area (TPSA) is 117 Å². The van der Waals surface area contributed by atoms with Gasteiger partial charge in [0.25, 0.3) is 15.7 Å². The first-order valence-electron chi connectivity index (χ1n) is 12.0. The number of H-pyrrole nitrogens is 1. The highest BCUT2D eigenvalue weighted by molar-refractivity contribution is 9.09. The van der Waals surface area contributed by atoms with E-state index in [1.165, 1.54) is 12.3 Å².